The van der Waals surface area contributed by atoms with E-state index in [1.165, 1.54) is 30.7 Å². The van der Waals surface area contributed by atoms with Crippen LogP contribution in [0.5, 0.6) is 0 Å². The predicted octanol–water partition coefficient (Wildman–Crippen LogP) is 4.00. The van der Waals surface area contributed by atoms with Crippen molar-refractivity contribution in [3.8, 4) is 0 Å². The second-order valence-corrected chi connectivity index (χ2v) is 7.29. The Morgan fingerprint density at radius 3 is 1.95 bits per heavy atom. The van der Waals surface area contributed by atoms with Gasteiger partial charge in [0.2, 0.25) is 0 Å². The summed E-state index contributed by atoms with van der Waals surface area (Å²) in [4.78, 5) is 10.5. The molecule has 3 heteroatoms. The van der Waals surface area contributed by atoms with Gasteiger partial charge < -0.3 is 0 Å². The lowest BCUT2D eigenvalue weighted by molar-refractivity contribution is 0.372. The second kappa shape index (κ2) is 3.57. The van der Waals surface area contributed by atoms with Crippen molar-refractivity contribution in [3.63, 3.8) is 0 Å². The van der Waals surface area contributed by atoms with E-state index < -0.39 is 0 Å². The van der Waals surface area contributed by atoms with Gasteiger partial charge in [-0.2, -0.15) is 0 Å². The van der Waals surface area contributed by atoms with E-state index in [1.807, 2.05) is 0 Å². The summed E-state index contributed by atoms with van der Waals surface area (Å²) in [7, 11) is 0. The van der Waals surface area contributed by atoms with Crippen LogP contribution in [0, 0.1) is 11.8 Å². The van der Waals surface area contributed by atoms with E-state index in [-0.39, 0.29) is 0 Å². The van der Waals surface area contributed by atoms with E-state index in [4.69, 9.17) is 9.97 Å². The minimum absolute atomic E-state index is 0.578. The zero-order valence-corrected chi connectivity index (χ0v) is 12.2. The summed E-state index contributed by atoms with van der Waals surface area (Å²) in [5, 5.41) is 0. The van der Waals surface area contributed by atoms with Crippen LogP contribution in [0.1, 0.15) is 42.5 Å². The quantitative estimate of drug-likeness (QED) is 0.687. The number of hydrogen-bond donors (Lipinski definition) is 0. The van der Waals surface area contributed by atoms with Gasteiger partial charge in [-0.1, -0.05) is 34.5 Å². The highest BCUT2D eigenvalue weighted by atomic mass is 79.9. The number of fused-ring (bicyclic) bond motifs is 9. The molecule has 0 saturated heterocycles. The number of aromatic nitrogens is 2. The Balaban J connectivity index is 1.78. The lowest BCUT2D eigenvalue weighted by Crippen LogP contribution is -2.19. The number of alkyl halides is 1. The van der Waals surface area contributed by atoms with Crippen molar-refractivity contribution in [2.45, 2.75) is 35.9 Å². The van der Waals surface area contributed by atoms with Crippen LogP contribution in [0.3, 0.4) is 0 Å². The average Bonchev–Trinajstić information content (AvgIpc) is 3.05. The van der Waals surface area contributed by atoms with E-state index in [2.05, 4.69) is 40.2 Å². The molecular formula is C16H15BrN2. The highest BCUT2D eigenvalue weighted by molar-refractivity contribution is 9.09. The Morgan fingerprint density at radius 2 is 1.42 bits per heavy atom. The lowest BCUT2D eigenvalue weighted by Gasteiger charge is -2.25. The van der Waals surface area contributed by atoms with Gasteiger partial charge in [0.15, 0.2) is 0 Å². The first-order chi connectivity index (χ1) is 9.34. The molecule has 1 unspecified atom stereocenters. The minimum atomic E-state index is 0.578. The van der Waals surface area contributed by atoms with Gasteiger partial charge in [-0.15, -0.1) is 0 Å². The maximum atomic E-state index is 4.96. The van der Waals surface area contributed by atoms with Crippen LogP contribution in [-0.2, 0) is 0 Å². The molecule has 0 radical (unpaired) electrons. The Kier molecular flexibility index (Phi) is 2.03. The predicted molar refractivity (Wildman–Crippen MR) is 78.6 cm³/mol. The normalized spacial score (nSPS) is 38.7. The Labute approximate surface area is 120 Å². The summed E-state index contributed by atoms with van der Waals surface area (Å²) in [6.45, 7) is 0. The number of rotatable bonds is 0. The highest BCUT2D eigenvalue weighted by Gasteiger charge is 2.59. The van der Waals surface area contributed by atoms with Crippen LogP contribution in [-0.4, -0.2) is 14.8 Å². The lowest BCUT2D eigenvalue weighted by atomic mass is 9.82. The largest absolute Gasteiger partial charge is 0.249 e. The van der Waals surface area contributed by atoms with Crippen LogP contribution >= 0.6 is 15.9 Å². The van der Waals surface area contributed by atoms with Crippen molar-refractivity contribution < 1.29 is 0 Å². The smallest absolute Gasteiger partial charge is 0.0890 e. The van der Waals surface area contributed by atoms with Crippen molar-refractivity contribution >= 4 is 27.0 Å². The molecule has 1 aromatic carbocycles. The Morgan fingerprint density at radius 1 is 0.895 bits per heavy atom. The molecule has 1 heterocycles. The second-order valence-electron chi connectivity index (χ2n) is 6.24. The first-order valence-electron chi connectivity index (χ1n) is 7.25. The number of halogens is 1. The van der Waals surface area contributed by atoms with Gasteiger partial charge in [-0.3, -0.25) is 0 Å². The van der Waals surface area contributed by atoms with Gasteiger partial charge in [0.1, 0.15) is 0 Å². The molecule has 96 valence electrons. The van der Waals surface area contributed by atoms with Gasteiger partial charge in [-0.05, 0) is 36.8 Å². The summed E-state index contributed by atoms with van der Waals surface area (Å²) in [5.74, 6) is 2.95. The molecule has 1 aromatic heterocycles. The third-order valence-electron chi connectivity index (χ3n) is 5.49. The summed E-state index contributed by atoms with van der Waals surface area (Å²) in [5.41, 5.74) is 4.72. The molecular weight excluding hydrogens is 300 g/mol. The van der Waals surface area contributed by atoms with E-state index in [1.54, 1.807) is 0 Å². The minimum Gasteiger partial charge on any atom is -0.249 e. The zero-order chi connectivity index (χ0) is 12.6. The van der Waals surface area contributed by atoms with Crippen LogP contribution in [0.2, 0.25) is 0 Å². The number of benzene rings is 1. The van der Waals surface area contributed by atoms with E-state index >= 15 is 0 Å². The molecule has 2 bridgehead atoms. The zero-order valence-electron chi connectivity index (χ0n) is 10.6. The maximum absolute atomic E-state index is 4.96. The molecule has 0 aliphatic heterocycles. The standard InChI is InChI=1S/C16H15BrN2/c17-14-12-8-4-3-5-9(8)13(14)16-15(12)18-10-6-1-2-7-11(10)19-16/h1-2,6-9,12-14H,3-5H2/t8-,9+,12-,13+,14?. The summed E-state index contributed by atoms with van der Waals surface area (Å²) < 4.78 is 0. The van der Waals surface area contributed by atoms with Crippen molar-refractivity contribution in [2.24, 2.45) is 11.8 Å². The molecule has 3 aliphatic carbocycles. The molecule has 5 rings (SSSR count). The highest BCUT2D eigenvalue weighted by Crippen LogP contribution is 2.65. The fourth-order valence-electron chi connectivity index (χ4n) is 4.83. The molecule has 5 atom stereocenters. The number of para-hydroxylation sites is 2. The Hall–Kier alpha value is -0.960. The SMILES string of the molecule is BrC1[C@H]2c3nc4ccccc4nc3[C@@H]1[C@@H]1CCC[C@@H]12. The molecule has 2 saturated carbocycles. The van der Waals surface area contributed by atoms with Gasteiger partial charge >= 0.3 is 0 Å². The molecule has 3 aliphatic rings. The summed E-state index contributed by atoms with van der Waals surface area (Å²) in [6, 6.07) is 8.29. The van der Waals surface area contributed by atoms with E-state index in [0.29, 0.717) is 16.7 Å². The average molecular weight is 315 g/mol. The third kappa shape index (κ3) is 1.23. The molecule has 2 fully saturated rings. The molecule has 2 aromatic rings. The first kappa shape index (κ1) is 10.8. The fourth-order valence-corrected chi connectivity index (χ4v) is 6.11. The van der Waals surface area contributed by atoms with Crippen LogP contribution in [0.15, 0.2) is 24.3 Å². The maximum Gasteiger partial charge on any atom is 0.0890 e. The van der Waals surface area contributed by atoms with Crippen molar-refractivity contribution in [1.29, 1.82) is 0 Å². The summed E-state index contributed by atoms with van der Waals surface area (Å²) >= 11 is 3.96. The number of nitrogens with zero attached hydrogens (tertiary/aromatic N) is 2. The topological polar surface area (TPSA) is 25.8 Å². The molecule has 0 spiro atoms. The van der Waals surface area contributed by atoms with Crippen molar-refractivity contribution in [3.05, 3.63) is 35.7 Å². The van der Waals surface area contributed by atoms with Crippen molar-refractivity contribution in [2.75, 3.05) is 0 Å². The molecule has 0 N–H and O–H groups in total. The fraction of sp³-hybridized carbons (Fsp3) is 0.500. The third-order valence-corrected chi connectivity index (χ3v) is 6.63. The van der Waals surface area contributed by atoms with Crippen molar-refractivity contribution in [1.82, 2.24) is 9.97 Å². The molecule has 2 nitrogen and oxygen atoms in total. The van der Waals surface area contributed by atoms with Crippen LogP contribution in [0.4, 0.5) is 0 Å². The Bertz CT molecular complexity index is 627. The van der Waals surface area contributed by atoms with E-state index in [9.17, 15) is 0 Å². The number of hydrogen-bond acceptors (Lipinski definition) is 2. The molecule has 19 heavy (non-hydrogen) atoms. The van der Waals surface area contributed by atoms with Crippen LogP contribution in [0.25, 0.3) is 11.0 Å². The first-order valence-corrected chi connectivity index (χ1v) is 8.17. The van der Waals surface area contributed by atoms with Gasteiger partial charge in [0.25, 0.3) is 0 Å². The van der Waals surface area contributed by atoms with Crippen LogP contribution < -0.4 is 0 Å². The summed E-state index contributed by atoms with van der Waals surface area (Å²) in [6.07, 6.45) is 4.18. The van der Waals surface area contributed by atoms with E-state index in [0.717, 1.165) is 22.9 Å². The van der Waals surface area contributed by atoms with Gasteiger partial charge in [0, 0.05) is 16.7 Å². The van der Waals surface area contributed by atoms with Gasteiger partial charge in [0.05, 0.1) is 22.4 Å². The van der Waals surface area contributed by atoms with Gasteiger partial charge in [-0.25, -0.2) is 9.97 Å². The monoisotopic (exact) mass is 314 g/mol. The molecule has 0 amide bonds.